The van der Waals surface area contributed by atoms with E-state index in [1.807, 2.05) is 6.92 Å². The van der Waals surface area contributed by atoms with Crippen LogP contribution in [0.15, 0.2) is 53.1 Å². The summed E-state index contributed by atoms with van der Waals surface area (Å²) in [7, 11) is 0. The molecule has 1 aliphatic heterocycles. The zero-order chi connectivity index (χ0) is 22.4. The van der Waals surface area contributed by atoms with Crippen LogP contribution in [0.5, 0.6) is 5.75 Å². The van der Waals surface area contributed by atoms with Gasteiger partial charge in [0.15, 0.2) is 0 Å². The zero-order valence-corrected chi connectivity index (χ0v) is 18.9. The second-order valence-corrected chi connectivity index (χ2v) is 8.45. The molecular weight excluding hydrogens is 457 g/mol. The van der Waals surface area contributed by atoms with Gasteiger partial charge < -0.3 is 15.4 Å². The van der Waals surface area contributed by atoms with E-state index in [9.17, 15) is 14.9 Å². The third-order valence-electron chi connectivity index (χ3n) is 4.49. The van der Waals surface area contributed by atoms with E-state index in [1.54, 1.807) is 42.5 Å². The Balaban J connectivity index is 1.72. The van der Waals surface area contributed by atoms with Crippen LogP contribution in [-0.4, -0.2) is 24.2 Å². The van der Waals surface area contributed by atoms with Gasteiger partial charge in [0.05, 0.1) is 29.0 Å². The number of benzene rings is 2. The molecule has 6 nitrogen and oxygen atoms in total. The van der Waals surface area contributed by atoms with Crippen LogP contribution < -0.4 is 15.4 Å². The first kappa shape index (κ1) is 23.0. The summed E-state index contributed by atoms with van der Waals surface area (Å²) in [5.41, 5.74) is 1.64. The van der Waals surface area contributed by atoms with Crippen LogP contribution in [-0.2, 0) is 9.59 Å². The maximum Gasteiger partial charge on any atom is 0.234 e. The largest absolute Gasteiger partial charge is 0.494 e. The molecule has 2 amide bonds. The molecule has 31 heavy (non-hydrogen) atoms. The summed E-state index contributed by atoms with van der Waals surface area (Å²) >= 11 is 13.4. The Bertz CT molecular complexity index is 1060. The van der Waals surface area contributed by atoms with Gasteiger partial charge in [0, 0.05) is 28.1 Å². The predicted octanol–water partition coefficient (Wildman–Crippen LogP) is 5.10. The van der Waals surface area contributed by atoms with Gasteiger partial charge >= 0.3 is 0 Å². The lowest BCUT2D eigenvalue weighted by molar-refractivity contribution is -0.121. The summed E-state index contributed by atoms with van der Waals surface area (Å²) in [6, 6.07) is 14.2. The number of hydrogen-bond acceptors (Lipinski definition) is 5. The molecule has 1 atom stereocenters. The number of carbonyl (C=O) groups excluding carboxylic acids is 2. The van der Waals surface area contributed by atoms with E-state index >= 15 is 0 Å². The standard InChI is InChI=1S/C22H19Cl2N3O3S/c1-2-30-15-6-4-14(5-7-15)26-21(29)12-31-22-18(11-25)17(10-20(28)27-22)16-8-3-13(23)9-19(16)24/h3-9,17H,2,10,12H2,1H3,(H,26,29)(H,27,28)/t17-/m0/s1. The lowest BCUT2D eigenvalue weighted by Gasteiger charge is -2.25. The second kappa shape index (κ2) is 10.6. The minimum atomic E-state index is -0.500. The average Bonchev–Trinajstić information content (AvgIpc) is 2.73. The minimum absolute atomic E-state index is 0.0229. The number of halogens is 2. The predicted molar refractivity (Wildman–Crippen MR) is 123 cm³/mol. The molecule has 2 aromatic rings. The zero-order valence-electron chi connectivity index (χ0n) is 16.6. The molecule has 0 spiro atoms. The summed E-state index contributed by atoms with van der Waals surface area (Å²) in [4.78, 5) is 24.6. The van der Waals surface area contributed by atoms with Gasteiger partial charge in [-0.15, -0.1) is 0 Å². The van der Waals surface area contributed by atoms with Crippen molar-refractivity contribution in [3.05, 3.63) is 68.7 Å². The Kier molecular flexibility index (Phi) is 7.85. The van der Waals surface area contributed by atoms with E-state index in [2.05, 4.69) is 16.7 Å². The maximum absolute atomic E-state index is 12.4. The van der Waals surface area contributed by atoms with Crippen molar-refractivity contribution in [2.45, 2.75) is 19.3 Å². The summed E-state index contributed by atoms with van der Waals surface area (Å²) in [6.07, 6.45) is 0.0900. The van der Waals surface area contributed by atoms with E-state index in [0.717, 1.165) is 17.5 Å². The van der Waals surface area contributed by atoms with Gasteiger partial charge in [-0.25, -0.2) is 0 Å². The SMILES string of the molecule is CCOc1ccc(NC(=O)CSC2=C(C#N)[C@H](c3ccc(Cl)cc3Cl)CC(=O)N2)cc1. The van der Waals surface area contributed by atoms with Crippen molar-refractivity contribution in [1.82, 2.24) is 5.32 Å². The van der Waals surface area contributed by atoms with E-state index in [0.29, 0.717) is 38.5 Å². The minimum Gasteiger partial charge on any atom is -0.494 e. The number of carbonyl (C=O) groups is 2. The lowest BCUT2D eigenvalue weighted by atomic mass is 9.87. The second-order valence-electron chi connectivity index (χ2n) is 6.62. The monoisotopic (exact) mass is 475 g/mol. The van der Waals surface area contributed by atoms with Gasteiger partial charge in [0.25, 0.3) is 0 Å². The quantitative estimate of drug-likeness (QED) is 0.580. The highest BCUT2D eigenvalue weighted by Crippen LogP contribution is 2.39. The Morgan fingerprint density at radius 2 is 2.03 bits per heavy atom. The van der Waals surface area contributed by atoms with Gasteiger partial charge in [0.1, 0.15) is 5.75 Å². The van der Waals surface area contributed by atoms with Crippen LogP contribution in [0.25, 0.3) is 0 Å². The maximum atomic E-state index is 12.4. The summed E-state index contributed by atoms with van der Waals surface area (Å²) in [5, 5.41) is 16.4. The molecule has 2 N–H and O–H groups in total. The molecule has 0 radical (unpaired) electrons. The fourth-order valence-electron chi connectivity index (χ4n) is 3.12. The average molecular weight is 476 g/mol. The molecule has 160 valence electrons. The van der Waals surface area contributed by atoms with Crippen molar-refractivity contribution < 1.29 is 14.3 Å². The van der Waals surface area contributed by atoms with Crippen molar-refractivity contribution in [2.24, 2.45) is 0 Å². The molecule has 0 saturated heterocycles. The summed E-state index contributed by atoms with van der Waals surface area (Å²) in [5.74, 6) is -0.269. The molecule has 1 aliphatic rings. The molecule has 0 unspecified atom stereocenters. The first-order valence-electron chi connectivity index (χ1n) is 9.45. The molecule has 2 aromatic carbocycles. The molecule has 0 bridgehead atoms. The van der Waals surface area contributed by atoms with Crippen LogP contribution in [0.3, 0.4) is 0 Å². The van der Waals surface area contributed by atoms with Gasteiger partial charge in [-0.2, -0.15) is 5.26 Å². The van der Waals surface area contributed by atoms with Crippen LogP contribution in [0.4, 0.5) is 5.69 Å². The van der Waals surface area contributed by atoms with Crippen LogP contribution >= 0.6 is 35.0 Å². The number of nitriles is 1. The third kappa shape index (κ3) is 5.95. The van der Waals surface area contributed by atoms with E-state index in [1.165, 1.54) is 0 Å². The molecular formula is C22H19Cl2N3O3S. The number of rotatable bonds is 7. The summed E-state index contributed by atoms with van der Waals surface area (Å²) in [6.45, 7) is 2.46. The number of thioether (sulfide) groups is 1. The van der Waals surface area contributed by atoms with Gasteiger partial charge in [-0.1, -0.05) is 41.0 Å². The van der Waals surface area contributed by atoms with Crippen molar-refractivity contribution in [2.75, 3.05) is 17.7 Å². The van der Waals surface area contributed by atoms with Crippen molar-refractivity contribution in [3.63, 3.8) is 0 Å². The molecule has 9 heteroatoms. The van der Waals surface area contributed by atoms with Crippen molar-refractivity contribution in [3.8, 4) is 11.8 Å². The van der Waals surface area contributed by atoms with Crippen molar-refractivity contribution in [1.29, 1.82) is 5.26 Å². The smallest absolute Gasteiger partial charge is 0.234 e. The van der Waals surface area contributed by atoms with Gasteiger partial charge in [-0.05, 0) is 48.9 Å². The van der Waals surface area contributed by atoms with E-state index in [-0.39, 0.29) is 24.0 Å². The van der Waals surface area contributed by atoms with E-state index < -0.39 is 5.92 Å². The van der Waals surface area contributed by atoms with E-state index in [4.69, 9.17) is 27.9 Å². The van der Waals surface area contributed by atoms with Crippen molar-refractivity contribution >= 4 is 52.5 Å². The van der Waals surface area contributed by atoms with Gasteiger partial charge in [-0.3, -0.25) is 9.59 Å². The molecule has 0 aromatic heterocycles. The Hall–Kier alpha value is -2.66. The highest BCUT2D eigenvalue weighted by molar-refractivity contribution is 8.03. The fraction of sp³-hybridized carbons (Fsp3) is 0.227. The first-order chi connectivity index (χ1) is 14.9. The number of nitrogens with zero attached hydrogens (tertiary/aromatic N) is 1. The number of hydrogen-bond donors (Lipinski definition) is 2. The molecule has 0 aliphatic carbocycles. The topological polar surface area (TPSA) is 91.2 Å². The third-order valence-corrected chi connectivity index (χ3v) is 6.07. The fourth-order valence-corrected chi connectivity index (χ4v) is 4.54. The normalized spacial score (nSPS) is 15.8. The van der Waals surface area contributed by atoms with Crippen LogP contribution in [0.1, 0.15) is 24.8 Å². The molecule has 3 rings (SSSR count). The Labute approximate surface area is 194 Å². The number of nitrogens with one attached hydrogen (secondary N) is 2. The Morgan fingerprint density at radius 3 is 2.68 bits per heavy atom. The number of anilines is 1. The molecule has 1 heterocycles. The molecule has 0 saturated carbocycles. The van der Waals surface area contributed by atoms with Crippen LogP contribution in [0.2, 0.25) is 10.0 Å². The molecule has 0 fully saturated rings. The Morgan fingerprint density at radius 1 is 1.29 bits per heavy atom. The highest BCUT2D eigenvalue weighted by atomic mass is 35.5. The lowest BCUT2D eigenvalue weighted by Crippen LogP contribution is -2.31. The first-order valence-corrected chi connectivity index (χ1v) is 11.2. The van der Waals surface area contributed by atoms with Gasteiger partial charge in [0.2, 0.25) is 11.8 Å². The highest BCUT2D eigenvalue weighted by Gasteiger charge is 2.31. The number of allylic oxidation sites excluding steroid dienone is 1. The number of amides is 2. The summed E-state index contributed by atoms with van der Waals surface area (Å²) < 4.78 is 5.38. The number of ether oxygens (including phenoxy) is 1. The van der Waals surface area contributed by atoms with Crippen LogP contribution in [0, 0.1) is 11.3 Å².